The van der Waals surface area contributed by atoms with Crippen molar-refractivity contribution >= 4 is 36.6 Å². The number of anilines is 3. The molecule has 7 nitrogen and oxygen atoms in total. The van der Waals surface area contributed by atoms with Crippen molar-refractivity contribution in [1.29, 1.82) is 0 Å². The van der Waals surface area contributed by atoms with Crippen LogP contribution in [-0.4, -0.2) is 33.8 Å². The van der Waals surface area contributed by atoms with Gasteiger partial charge in [0.25, 0.3) is 0 Å². The van der Waals surface area contributed by atoms with Gasteiger partial charge in [0.2, 0.25) is 5.91 Å². The number of aryl methyl sites for hydroxylation is 1. The minimum absolute atomic E-state index is 0. The number of hydrogen-bond acceptors (Lipinski definition) is 5. The van der Waals surface area contributed by atoms with E-state index in [1.54, 1.807) is 0 Å². The molecule has 0 saturated heterocycles. The Kier molecular flexibility index (Phi) is 7.68. The van der Waals surface area contributed by atoms with Gasteiger partial charge < -0.3 is 15.5 Å². The van der Waals surface area contributed by atoms with Crippen LogP contribution >= 0.6 is 13.5 Å². The molecule has 0 bridgehead atoms. The van der Waals surface area contributed by atoms with Crippen LogP contribution in [-0.2, 0) is 24.1 Å². The largest absolute Gasteiger partial charge is 0.435 e. The van der Waals surface area contributed by atoms with Crippen LogP contribution in [0.15, 0.2) is 42.6 Å². The summed E-state index contributed by atoms with van der Waals surface area (Å²) in [6.07, 6.45) is -3.12. The number of carbonyl (C=O) groups is 1. The molecular weight excluding hydrogens is 477 g/mol. The molecule has 2 aromatic heterocycles. The monoisotopic (exact) mass is 506 g/mol. The van der Waals surface area contributed by atoms with Gasteiger partial charge in [0, 0.05) is 25.9 Å². The summed E-state index contributed by atoms with van der Waals surface area (Å²) in [6, 6.07) is 10.2. The van der Waals surface area contributed by atoms with Crippen LogP contribution in [0.25, 0.3) is 0 Å². The number of nitrogens with zero attached hydrogens (tertiary/aromatic N) is 4. The van der Waals surface area contributed by atoms with E-state index >= 15 is 0 Å². The first kappa shape index (κ1) is 26.4. The van der Waals surface area contributed by atoms with Crippen LogP contribution in [0.1, 0.15) is 36.4 Å². The first-order valence-electron chi connectivity index (χ1n) is 11.0. The summed E-state index contributed by atoms with van der Waals surface area (Å²) in [5.74, 6) is 0.825. The van der Waals surface area contributed by atoms with Gasteiger partial charge in [-0.25, -0.2) is 4.98 Å². The Morgan fingerprint density at radius 2 is 1.80 bits per heavy atom. The van der Waals surface area contributed by atoms with Gasteiger partial charge in [-0.3, -0.25) is 9.48 Å². The van der Waals surface area contributed by atoms with Crippen molar-refractivity contribution in [1.82, 2.24) is 14.8 Å². The smallest absolute Gasteiger partial charge is 0.366 e. The van der Waals surface area contributed by atoms with E-state index in [9.17, 15) is 18.0 Å². The van der Waals surface area contributed by atoms with E-state index in [0.717, 1.165) is 34.3 Å². The van der Waals surface area contributed by atoms with E-state index in [-0.39, 0.29) is 37.9 Å². The van der Waals surface area contributed by atoms with Crippen LogP contribution in [0.5, 0.6) is 0 Å². The third-order valence-corrected chi connectivity index (χ3v) is 5.90. The standard InChI is InChI=1S/C24H27F3N6O.H2S/c1-14(2)22-23(34)30-21-15(3)29-20(11-18(21)32(22)4)28-12-16-5-7-17(8-6-16)13-33-10-9-19(31-33)24(25,26)27;/h5-11,14,22H,12-13H2,1-4H3,(H,28,29)(H,30,34);1H2/t22-;/m0./s1. The highest BCUT2D eigenvalue weighted by Gasteiger charge is 2.34. The van der Waals surface area contributed by atoms with Crippen LogP contribution in [0, 0.1) is 12.8 Å². The second kappa shape index (κ2) is 10.2. The number of aromatic nitrogens is 3. The maximum Gasteiger partial charge on any atom is 0.435 e. The fourth-order valence-electron chi connectivity index (χ4n) is 4.20. The van der Waals surface area contributed by atoms with Gasteiger partial charge in [0.1, 0.15) is 11.9 Å². The molecule has 0 spiro atoms. The molecule has 0 radical (unpaired) electrons. The number of pyridine rings is 1. The molecule has 1 amide bonds. The molecule has 3 aromatic rings. The van der Waals surface area contributed by atoms with Crippen molar-refractivity contribution in [2.24, 2.45) is 5.92 Å². The Morgan fingerprint density at radius 1 is 1.14 bits per heavy atom. The number of amides is 1. The minimum atomic E-state index is -4.44. The zero-order valence-electron chi connectivity index (χ0n) is 19.9. The molecule has 188 valence electrons. The fraction of sp³-hybridized carbons (Fsp3) is 0.375. The van der Waals surface area contributed by atoms with Crippen LogP contribution in [0.4, 0.5) is 30.4 Å². The van der Waals surface area contributed by atoms with Crippen molar-refractivity contribution in [2.75, 3.05) is 22.6 Å². The van der Waals surface area contributed by atoms with Crippen molar-refractivity contribution < 1.29 is 18.0 Å². The predicted molar refractivity (Wildman–Crippen MR) is 135 cm³/mol. The van der Waals surface area contributed by atoms with Crippen LogP contribution in [0.3, 0.4) is 0 Å². The van der Waals surface area contributed by atoms with Crippen LogP contribution < -0.4 is 15.5 Å². The Bertz CT molecular complexity index is 1190. The van der Waals surface area contributed by atoms with Crippen molar-refractivity contribution in [2.45, 2.75) is 46.1 Å². The summed E-state index contributed by atoms with van der Waals surface area (Å²) >= 11 is 0. The van der Waals surface area contributed by atoms with Crippen molar-refractivity contribution in [3.05, 3.63) is 65.1 Å². The summed E-state index contributed by atoms with van der Waals surface area (Å²) in [6.45, 7) is 6.68. The highest BCUT2D eigenvalue weighted by molar-refractivity contribution is 7.59. The summed E-state index contributed by atoms with van der Waals surface area (Å²) in [5.41, 5.74) is 3.33. The van der Waals surface area contributed by atoms with E-state index in [2.05, 4.69) is 20.7 Å². The molecule has 11 heteroatoms. The molecule has 1 aromatic carbocycles. The molecule has 0 aliphatic carbocycles. The predicted octanol–water partition coefficient (Wildman–Crippen LogP) is 4.79. The summed E-state index contributed by atoms with van der Waals surface area (Å²) < 4.78 is 39.4. The average Bonchev–Trinajstić information content (AvgIpc) is 3.23. The number of likely N-dealkylation sites (N-methyl/N-ethyl adjacent to an activating group) is 1. The molecule has 4 rings (SSSR count). The van der Waals surface area contributed by atoms with Crippen LogP contribution in [0.2, 0.25) is 0 Å². The van der Waals surface area contributed by atoms with Gasteiger partial charge in [-0.15, -0.1) is 0 Å². The van der Waals surface area contributed by atoms with E-state index in [4.69, 9.17) is 0 Å². The number of halogens is 3. The number of carbonyl (C=O) groups excluding carboxylic acids is 1. The Hall–Kier alpha value is -3.21. The molecule has 0 saturated carbocycles. The zero-order valence-corrected chi connectivity index (χ0v) is 20.9. The van der Waals surface area contributed by atoms with Gasteiger partial charge >= 0.3 is 6.18 Å². The van der Waals surface area contributed by atoms with Gasteiger partial charge in [0.05, 0.1) is 23.6 Å². The molecule has 1 atom stereocenters. The highest BCUT2D eigenvalue weighted by atomic mass is 32.1. The summed E-state index contributed by atoms with van der Waals surface area (Å²) in [4.78, 5) is 19.1. The van der Waals surface area contributed by atoms with Gasteiger partial charge in [0.15, 0.2) is 5.69 Å². The molecule has 0 fully saturated rings. The summed E-state index contributed by atoms with van der Waals surface area (Å²) in [7, 11) is 1.92. The van der Waals surface area contributed by atoms with Crippen molar-refractivity contribution in [3.63, 3.8) is 0 Å². The molecule has 1 aliphatic rings. The average molecular weight is 507 g/mol. The summed E-state index contributed by atoms with van der Waals surface area (Å²) in [5, 5.41) is 9.90. The van der Waals surface area contributed by atoms with Gasteiger partial charge in [-0.05, 0) is 30.0 Å². The highest BCUT2D eigenvalue weighted by Crippen LogP contribution is 2.36. The van der Waals surface area contributed by atoms with E-state index < -0.39 is 11.9 Å². The minimum Gasteiger partial charge on any atom is -0.366 e. The molecule has 3 heterocycles. The maximum absolute atomic E-state index is 12.7. The lowest BCUT2D eigenvalue weighted by Gasteiger charge is -2.38. The third-order valence-electron chi connectivity index (χ3n) is 5.90. The number of nitrogens with one attached hydrogen (secondary N) is 2. The molecule has 35 heavy (non-hydrogen) atoms. The normalized spacial score (nSPS) is 15.5. The number of hydrogen-bond donors (Lipinski definition) is 2. The second-order valence-electron chi connectivity index (χ2n) is 8.84. The molecular formula is C24H29F3N6OS. The van der Waals surface area contributed by atoms with E-state index in [1.807, 2.05) is 63.1 Å². The maximum atomic E-state index is 12.7. The number of benzene rings is 1. The van der Waals surface area contributed by atoms with Gasteiger partial charge in [-0.1, -0.05) is 38.1 Å². The number of fused-ring (bicyclic) bond motifs is 1. The third kappa shape index (κ3) is 5.72. The van der Waals surface area contributed by atoms with E-state index in [0.29, 0.717) is 12.4 Å². The topological polar surface area (TPSA) is 75.1 Å². The fourth-order valence-corrected chi connectivity index (χ4v) is 4.20. The Balaban J connectivity index is 0.00000342. The van der Waals surface area contributed by atoms with E-state index in [1.165, 1.54) is 10.9 Å². The number of alkyl halides is 3. The number of rotatable bonds is 6. The van der Waals surface area contributed by atoms with Gasteiger partial charge in [-0.2, -0.15) is 31.8 Å². The van der Waals surface area contributed by atoms with Crippen molar-refractivity contribution in [3.8, 4) is 0 Å². The lowest BCUT2D eigenvalue weighted by molar-refractivity contribution is -0.141. The Labute approximate surface area is 209 Å². The first-order valence-corrected chi connectivity index (χ1v) is 11.0. The molecule has 1 aliphatic heterocycles. The first-order chi connectivity index (χ1) is 16.0. The Morgan fingerprint density at radius 3 is 2.40 bits per heavy atom. The SMILES string of the molecule is Cc1nc(NCc2ccc(Cn3ccc(C(F)(F)F)n3)cc2)cc2c1NC(=O)[C@H](C(C)C)N2C.S. The quantitative estimate of drug-likeness (QED) is 0.503. The second-order valence-corrected chi connectivity index (χ2v) is 8.84. The zero-order chi connectivity index (χ0) is 24.6. The lowest BCUT2D eigenvalue weighted by atomic mass is 9.98. The molecule has 0 unspecified atom stereocenters. The lowest BCUT2D eigenvalue weighted by Crippen LogP contribution is -2.49. The molecule has 2 N–H and O–H groups in total.